The molecule has 0 atom stereocenters. The molecule has 0 fully saturated rings. The van der Waals surface area contributed by atoms with Gasteiger partial charge in [0.25, 0.3) is 0 Å². The van der Waals surface area contributed by atoms with Gasteiger partial charge in [0.1, 0.15) is 11.5 Å². The van der Waals surface area contributed by atoms with Gasteiger partial charge in [-0.25, -0.2) is 9.37 Å². The molecule has 2 nitrogen and oxygen atoms in total. The zero-order valence-electron chi connectivity index (χ0n) is 14.2. The van der Waals surface area contributed by atoms with Crippen LogP contribution in [-0.2, 0) is 6.42 Å². The minimum absolute atomic E-state index is 0.198. The number of fused-ring (bicyclic) bond motifs is 5. The first-order valence-electron chi connectivity index (χ1n) is 8.62. The highest BCUT2D eigenvalue weighted by atomic mass is 35.5. The summed E-state index contributed by atoms with van der Waals surface area (Å²) in [5.41, 5.74) is 5.76. The van der Waals surface area contributed by atoms with E-state index >= 15 is 0 Å². The fraction of sp³-hybridized carbons (Fsp3) is 0.0435. The summed E-state index contributed by atoms with van der Waals surface area (Å²) in [5.74, 6) is -0.568. The van der Waals surface area contributed by atoms with Crippen molar-refractivity contribution in [3.05, 3.63) is 100.0 Å². The Morgan fingerprint density at radius 3 is 2.59 bits per heavy atom. The van der Waals surface area contributed by atoms with Crippen molar-refractivity contribution < 1.29 is 9.18 Å². The third-order valence-corrected chi connectivity index (χ3v) is 5.26. The Kier molecular flexibility index (Phi) is 3.59. The number of hydrogen-bond acceptors (Lipinski definition) is 2. The summed E-state index contributed by atoms with van der Waals surface area (Å²) < 4.78 is 13.3. The van der Waals surface area contributed by atoms with E-state index in [1.165, 1.54) is 24.3 Å². The number of hydrogen-bond donors (Lipinski definition) is 0. The molecule has 0 N–H and O–H groups in total. The summed E-state index contributed by atoms with van der Waals surface area (Å²) in [6, 6.07) is 19.2. The Morgan fingerprint density at radius 2 is 1.78 bits per heavy atom. The molecule has 3 aromatic carbocycles. The lowest BCUT2D eigenvalue weighted by molar-refractivity contribution is 0.103. The molecule has 0 bridgehead atoms. The number of pyridine rings is 1. The van der Waals surface area contributed by atoms with Gasteiger partial charge in [-0.1, -0.05) is 35.9 Å². The highest BCUT2D eigenvalue weighted by Crippen LogP contribution is 2.43. The van der Waals surface area contributed by atoms with Gasteiger partial charge in [-0.3, -0.25) is 4.79 Å². The van der Waals surface area contributed by atoms with Crippen LogP contribution >= 0.6 is 11.6 Å². The van der Waals surface area contributed by atoms with Gasteiger partial charge in [-0.05, 0) is 64.7 Å². The summed E-state index contributed by atoms with van der Waals surface area (Å²) >= 11 is 6.23. The zero-order valence-corrected chi connectivity index (χ0v) is 14.9. The Labute approximate surface area is 160 Å². The second-order valence-corrected chi connectivity index (χ2v) is 7.08. The minimum atomic E-state index is -0.370. The highest BCUT2D eigenvalue weighted by Gasteiger charge is 2.28. The van der Waals surface area contributed by atoms with Gasteiger partial charge in [0.15, 0.2) is 0 Å². The van der Waals surface area contributed by atoms with Crippen molar-refractivity contribution in [1.82, 2.24) is 4.98 Å². The molecule has 1 aliphatic rings. The lowest BCUT2D eigenvalue weighted by Gasteiger charge is -2.12. The van der Waals surface area contributed by atoms with Crippen LogP contribution in [0.2, 0.25) is 5.02 Å². The topological polar surface area (TPSA) is 30.0 Å². The number of carbonyl (C=O) groups excluding carboxylic acids is 1. The molecule has 4 aromatic rings. The van der Waals surface area contributed by atoms with E-state index in [2.05, 4.69) is 17.1 Å². The maximum absolute atomic E-state index is 13.3. The first-order chi connectivity index (χ1) is 13.1. The number of halogens is 2. The molecule has 0 aliphatic heterocycles. The first-order valence-corrected chi connectivity index (χ1v) is 9.00. The SMILES string of the molecule is O=C(c1ccc(F)cc1)c1nc2ccc(Cl)cc2c2c1Cc1ccccc1-2. The number of rotatable bonds is 2. The van der Waals surface area contributed by atoms with Crippen molar-refractivity contribution in [3.8, 4) is 11.1 Å². The molecule has 5 rings (SSSR count). The van der Waals surface area contributed by atoms with Crippen LogP contribution in [0.25, 0.3) is 22.0 Å². The van der Waals surface area contributed by atoms with Crippen LogP contribution in [0.4, 0.5) is 4.39 Å². The molecule has 1 aliphatic carbocycles. The number of carbonyl (C=O) groups is 1. The average molecular weight is 374 g/mol. The van der Waals surface area contributed by atoms with Crippen molar-refractivity contribution in [2.24, 2.45) is 0 Å². The van der Waals surface area contributed by atoms with Crippen molar-refractivity contribution in [1.29, 1.82) is 0 Å². The van der Waals surface area contributed by atoms with Gasteiger partial charge < -0.3 is 0 Å². The molecular weight excluding hydrogens is 361 g/mol. The second kappa shape index (κ2) is 6.00. The molecule has 1 heterocycles. The van der Waals surface area contributed by atoms with E-state index < -0.39 is 0 Å². The third-order valence-electron chi connectivity index (χ3n) is 5.02. The predicted molar refractivity (Wildman–Crippen MR) is 105 cm³/mol. The summed E-state index contributed by atoms with van der Waals surface area (Å²) in [6.07, 6.45) is 0.642. The summed E-state index contributed by atoms with van der Waals surface area (Å²) in [7, 11) is 0. The molecule has 27 heavy (non-hydrogen) atoms. The van der Waals surface area contributed by atoms with Crippen LogP contribution in [0.15, 0.2) is 66.7 Å². The lowest BCUT2D eigenvalue weighted by Crippen LogP contribution is -2.09. The second-order valence-electron chi connectivity index (χ2n) is 6.65. The molecule has 1 aromatic heterocycles. The van der Waals surface area contributed by atoms with Crippen LogP contribution in [0.5, 0.6) is 0 Å². The quantitative estimate of drug-likeness (QED) is 0.364. The van der Waals surface area contributed by atoms with Crippen molar-refractivity contribution in [2.45, 2.75) is 6.42 Å². The molecular formula is C23H13ClFNO. The van der Waals surface area contributed by atoms with Gasteiger partial charge >= 0.3 is 0 Å². The Balaban J connectivity index is 1.80. The van der Waals surface area contributed by atoms with E-state index in [-0.39, 0.29) is 11.6 Å². The molecule has 0 saturated heterocycles. The van der Waals surface area contributed by atoms with Crippen molar-refractivity contribution in [2.75, 3.05) is 0 Å². The largest absolute Gasteiger partial charge is 0.287 e. The third kappa shape index (κ3) is 2.54. The summed E-state index contributed by atoms with van der Waals surface area (Å²) in [4.78, 5) is 17.8. The van der Waals surface area contributed by atoms with Crippen molar-refractivity contribution >= 4 is 28.3 Å². The smallest absolute Gasteiger partial charge is 0.211 e. The predicted octanol–water partition coefficient (Wildman–Crippen LogP) is 5.83. The monoisotopic (exact) mass is 373 g/mol. The van der Waals surface area contributed by atoms with Crippen LogP contribution in [0.3, 0.4) is 0 Å². The molecule has 0 radical (unpaired) electrons. The van der Waals surface area contributed by atoms with Crippen LogP contribution in [0, 0.1) is 5.82 Å². The highest BCUT2D eigenvalue weighted by molar-refractivity contribution is 6.31. The zero-order chi connectivity index (χ0) is 18.5. The molecule has 4 heteroatoms. The Morgan fingerprint density at radius 1 is 1.00 bits per heavy atom. The molecule has 0 saturated carbocycles. The fourth-order valence-electron chi connectivity index (χ4n) is 3.79. The lowest BCUT2D eigenvalue weighted by atomic mass is 9.96. The van der Waals surface area contributed by atoms with E-state index in [9.17, 15) is 9.18 Å². The molecule has 0 amide bonds. The normalized spacial score (nSPS) is 12.1. The van der Waals surface area contributed by atoms with Gasteiger partial charge in [-0.15, -0.1) is 0 Å². The summed E-state index contributed by atoms with van der Waals surface area (Å²) in [6.45, 7) is 0. The van der Waals surface area contributed by atoms with E-state index in [1.54, 1.807) is 6.07 Å². The molecule has 130 valence electrons. The fourth-order valence-corrected chi connectivity index (χ4v) is 3.96. The minimum Gasteiger partial charge on any atom is -0.287 e. The molecule has 0 spiro atoms. The number of benzene rings is 3. The van der Waals surface area contributed by atoms with Crippen molar-refractivity contribution in [3.63, 3.8) is 0 Å². The Hall–Kier alpha value is -3.04. The van der Waals surface area contributed by atoms with Gasteiger partial charge in [0, 0.05) is 22.4 Å². The van der Waals surface area contributed by atoms with Gasteiger partial charge in [-0.2, -0.15) is 0 Å². The van der Waals surface area contributed by atoms with Crippen LogP contribution in [0.1, 0.15) is 27.2 Å². The van der Waals surface area contributed by atoms with E-state index in [1.807, 2.05) is 24.3 Å². The average Bonchev–Trinajstić information content (AvgIpc) is 3.07. The summed E-state index contributed by atoms with van der Waals surface area (Å²) in [5, 5.41) is 1.58. The van der Waals surface area contributed by atoms with E-state index in [0.717, 1.165) is 33.2 Å². The van der Waals surface area contributed by atoms with E-state index in [0.29, 0.717) is 22.7 Å². The number of aromatic nitrogens is 1. The van der Waals surface area contributed by atoms with Crippen LogP contribution in [-0.4, -0.2) is 10.8 Å². The Bertz CT molecular complexity index is 1230. The first kappa shape index (κ1) is 16.2. The standard InChI is InChI=1S/C23H13ClFNO/c24-15-7-10-20-18(12-15)21-17-4-2-1-3-14(17)11-19(21)22(26-20)23(27)13-5-8-16(25)9-6-13/h1-10,12H,11H2. The van der Waals surface area contributed by atoms with Gasteiger partial charge in [0.2, 0.25) is 5.78 Å². The maximum atomic E-state index is 13.3. The van der Waals surface area contributed by atoms with E-state index in [4.69, 9.17) is 11.6 Å². The number of ketones is 1. The van der Waals surface area contributed by atoms with Crippen LogP contribution < -0.4 is 0 Å². The number of nitrogens with zero attached hydrogens (tertiary/aromatic N) is 1. The maximum Gasteiger partial charge on any atom is 0.211 e. The van der Waals surface area contributed by atoms with Gasteiger partial charge in [0.05, 0.1) is 5.52 Å². The molecule has 0 unspecified atom stereocenters.